The number of aliphatic hydroxyl groups is 1. The maximum Gasteiger partial charge on any atom is 0.128 e. The lowest BCUT2D eigenvalue weighted by molar-refractivity contribution is 0.281. The van der Waals surface area contributed by atoms with Crippen LogP contribution >= 0.6 is 0 Å². The zero-order valence-corrected chi connectivity index (χ0v) is 11.3. The third kappa shape index (κ3) is 4.71. The minimum absolute atomic E-state index is 0.0713. The molecule has 0 atom stereocenters. The molecule has 1 aromatic rings. The number of pyridine rings is 1. The van der Waals surface area contributed by atoms with Crippen LogP contribution in [0.5, 0.6) is 0 Å². The molecule has 0 amide bonds. The fraction of sp³-hybridized carbons (Fsp3) is 0.615. The summed E-state index contributed by atoms with van der Waals surface area (Å²) in [5.41, 5.74) is 1.87. The smallest absolute Gasteiger partial charge is 0.128 e. The van der Waals surface area contributed by atoms with Crippen LogP contribution in [0.1, 0.15) is 17.7 Å². The zero-order chi connectivity index (χ0) is 12.8. The van der Waals surface area contributed by atoms with Crippen molar-refractivity contribution in [2.45, 2.75) is 20.0 Å². The van der Waals surface area contributed by atoms with Crippen LogP contribution in [-0.4, -0.2) is 49.2 Å². The third-order valence-electron chi connectivity index (χ3n) is 2.67. The molecule has 0 aliphatic carbocycles. The summed E-state index contributed by atoms with van der Waals surface area (Å²) in [6.45, 7) is 4.07. The molecule has 96 valence electrons. The maximum absolute atomic E-state index is 9.16. The Morgan fingerprint density at radius 1 is 1.18 bits per heavy atom. The molecule has 0 spiro atoms. The molecule has 0 fully saturated rings. The van der Waals surface area contributed by atoms with Gasteiger partial charge in [-0.25, -0.2) is 4.98 Å². The number of aliphatic hydroxyl groups excluding tert-OH is 1. The summed E-state index contributed by atoms with van der Waals surface area (Å²) >= 11 is 0. The molecule has 0 saturated carbocycles. The van der Waals surface area contributed by atoms with E-state index in [2.05, 4.69) is 28.9 Å². The fourth-order valence-electron chi connectivity index (χ4n) is 1.75. The van der Waals surface area contributed by atoms with Crippen molar-refractivity contribution in [3.05, 3.63) is 23.4 Å². The molecule has 0 aliphatic rings. The fourth-order valence-corrected chi connectivity index (χ4v) is 1.75. The van der Waals surface area contributed by atoms with Gasteiger partial charge < -0.3 is 14.9 Å². The maximum atomic E-state index is 9.16. The van der Waals surface area contributed by atoms with Crippen molar-refractivity contribution in [2.75, 3.05) is 39.1 Å². The number of aromatic nitrogens is 1. The molecule has 0 bridgehead atoms. The van der Waals surface area contributed by atoms with Crippen molar-refractivity contribution in [3.8, 4) is 0 Å². The molecular formula is C13H23N3O. The van der Waals surface area contributed by atoms with E-state index in [0.29, 0.717) is 0 Å². The Balaban J connectivity index is 2.61. The molecule has 4 heteroatoms. The number of nitrogens with zero attached hydrogens (tertiary/aromatic N) is 3. The minimum atomic E-state index is 0.0713. The molecule has 4 nitrogen and oxygen atoms in total. The van der Waals surface area contributed by atoms with E-state index in [0.717, 1.165) is 36.6 Å². The Bertz CT molecular complexity index is 353. The summed E-state index contributed by atoms with van der Waals surface area (Å²) in [4.78, 5) is 8.79. The molecule has 0 radical (unpaired) electrons. The van der Waals surface area contributed by atoms with E-state index in [1.807, 2.05) is 26.1 Å². The normalized spacial score (nSPS) is 10.9. The number of anilines is 1. The highest BCUT2D eigenvalue weighted by atomic mass is 16.3. The van der Waals surface area contributed by atoms with E-state index in [9.17, 15) is 0 Å². The average molecular weight is 237 g/mol. The lowest BCUT2D eigenvalue weighted by atomic mass is 10.2. The van der Waals surface area contributed by atoms with Crippen LogP contribution in [0.25, 0.3) is 0 Å². The Morgan fingerprint density at radius 3 is 2.47 bits per heavy atom. The summed E-state index contributed by atoms with van der Waals surface area (Å²) in [5.74, 6) is 0.938. The molecule has 1 heterocycles. The van der Waals surface area contributed by atoms with Crippen LogP contribution in [0, 0.1) is 6.92 Å². The van der Waals surface area contributed by atoms with Gasteiger partial charge in [-0.1, -0.05) is 0 Å². The highest BCUT2D eigenvalue weighted by Crippen LogP contribution is 2.14. The molecule has 0 saturated heterocycles. The predicted octanol–water partition coefficient (Wildman–Crippen LogP) is 1.27. The van der Waals surface area contributed by atoms with Gasteiger partial charge in [0.25, 0.3) is 0 Å². The Hall–Kier alpha value is -1.13. The van der Waals surface area contributed by atoms with Crippen LogP contribution in [0.2, 0.25) is 0 Å². The van der Waals surface area contributed by atoms with Gasteiger partial charge in [0.05, 0.1) is 6.61 Å². The van der Waals surface area contributed by atoms with Crippen molar-refractivity contribution < 1.29 is 5.11 Å². The number of aryl methyl sites for hydroxylation is 1. The summed E-state index contributed by atoms with van der Waals surface area (Å²) in [7, 11) is 6.20. The zero-order valence-electron chi connectivity index (χ0n) is 11.3. The van der Waals surface area contributed by atoms with Gasteiger partial charge in [0.15, 0.2) is 0 Å². The predicted molar refractivity (Wildman–Crippen MR) is 71.3 cm³/mol. The van der Waals surface area contributed by atoms with Gasteiger partial charge in [-0.3, -0.25) is 0 Å². The highest BCUT2D eigenvalue weighted by Gasteiger charge is 2.05. The molecule has 1 aromatic heterocycles. The lowest BCUT2D eigenvalue weighted by Crippen LogP contribution is -2.24. The van der Waals surface area contributed by atoms with Crippen molar-refractivity contribution in [1.29, 1.82) is 0 Å². The summed E-state index contributed by atoms with van der Waals surface area (Å²) in [6, 6.07) is 3.86. The van der Waals surface area contributed by atoms with Crippen LogP contribution in [0.4, 0.5) is 5.82 Å². The van der Waals surface area contributed by atoms with Crippen LogP contribution in [0.3, 0.4) is 0 Å². The van der Waals surface area contributed by atoms with Crippen molar-refractivity contribution in [2.24, 2.45) is 0 Å². The molecule has 1 N–H and O–H groups in total. The number of hydrogen-bond acceptors (Lipinski definition) is 4. The topological polar surface area (TPSA) is 39.6 Å². The second-order valence-electron chi connectivity index (χ2n) is 4.71. The second-order valence-corrected chi connectivity index (χ2v) is 4.71. The van der Waals surface area contributed by atoms with E-state index in [4.69, 9.17) is 5.11 Å². The first-order valence-electron chi connectivity index (χ1n) is 5.97. The largest absolute Gasteiger partial charge is 0.392 e. The van der Waals surface area contributed by atoms with Crippen LogP contribution < -0.4 is 4.90 Å². The van der Waals surface area contributed by atoms with E-state index in [1.165, 1.54) is 0 Å². The number of hydrogen-bond donors (Lipinski definition) is 1. The first kappa shape index (κ1) is 13.9. The van der Waals surface area contributed by atoms with E-state index < -0.39 is 0 Å². The van der Waals surface area contributed by atoms with Crippen molar-refractivity contribution >= 4 is 5.82 Å². The van der Waals surface area contributed by atoms with E-state index >= 15 is 0 Å². The van der Waals surface area contributed by atoms with Gasteiger partial charge in [-0.15, -0.1) is 0 Å². The SMILES string of the molecule is Cc1cc(CO)cc(N(C)CCCN(C)C)n1. The molecule has 0 aliphatic heterocycles. The lowest BCUT2D eigenvalue weighted by Gasteiger charge is -2.20. The molecule has 1 rings (SSSR count). The van der Waals surface area contributed by atoms with Gasteiger partial charge >= 0.3 is 0 Å². The summed E-state index contributed by atoms with van der Waals surface area (Å²) in [5, 5.41) is 9.16. The average Bonchev–Trinajstić information content (AvgIpc) is 2.27. The van der Waals surface area contributed by atoms with Crippen LogP contribution in [-0.2, 0) is 6.61 Å². The monoisotopic (exact) mass is 237 g/mol. The Labute approximate surface area is 104 Å². The first-order chi connectivity index (χ1) is 8.02. The van der Waals surface area contributed by atoms with Crippen molar-refractivity contribution in [3.63, 3.8) is 0 Å². The minimum Gasteiger partial charge on any atom is -0.392 e. The molecular weight excluding hydrogens is 214 g/mol. The van der Waals surface area contributed by atoms with Gasteiger partial charge in [-0.05, 0) is 51.7 Å². The van der Waals surface area contributed by atoms with Gasteiger partial charge in [0.2, 0.25) is 0 Å². The highest BCUT2D eigenvalue weighted by molar-refractivity contribution is 5.41. The number of rotatable bonds is 6. The van der Waals surface area contributed by atoms with Crippen LogP contribution in [0.15, 0.2) is 12.1 Å². The van der Waals surface area contributed by atoms with E-state index in [1.54, 1.807) is 0 Å². The van der Waals surface area contributed by atoms with Gasteiger partial charge in [-0.2, -0.15) is 0 Å². The molecule has 0 aromatic carbocycles. The van der Waals surface area contributed by atoms with Crippen molar-refractivity contribution in [1.82, 2.24) is 9.88 Å². The Kier molecular flexibility index (Phi) is 5.38. The molecule has 0 unspecified atom stereocenters. The summed E-state index contributed by atoms with van der Waals surface area (Å²) < 4.78 is 0. The second kappa shape index (κ2) is 6.57. The molecule has 17 heavy (non-hydrogen) atoms. The third-order valence-corrected chi connectivity index (χ3v) is 2.67. The quantitative estimate of drug-likeness (QED) is 0.809. The first-order valence-corrected chi connectivity index (χ1v) is 5.97. The van der Waals surface area contributed by atoms with Gasteiger partial charge in [0.1, 0.15) is 5.82 Å². The Morgan fingerprint density at radius 2 is 1.88 bits per heavy atom. The van der Waals surface area contributed by atoms with Gasteiger partial charge in [0, 0.05) is 19.3 Å². The standard InChI is InChI=1S/C13H23N3O/c1-11-8-12(10-17)9-13(14-11)16(4)7-5-6-15(2)3/h8-9,17H,5-7,10H2,1-4H3. The van der Waals surface area contributed by atoms with E-state index in [-0.39, 0.29) is 6.61 Å². The summed E-state index contributed by atoms with van der Waals surface area (Å²) in [6.07, 6.45) is 1.10.